The van der Waals surface area contributed by atoms with Crippen molar-refractivity contribution in [3.63, 3.8) is 0 Å². The molecule has 1 aromatic heterocycles. The molecule has 0 saturated carbocycles. The van der Waals surface area contributed by atoms with E-state index in [2.05, 4.69) is 20.7 Å². The second-order valence-corrected chi connectivity index (χ2v) is 25.6. The number of halogens is 1. The summed E-state index contributed by atoms with van der Waals surface area (Å²) in [5.41, 5.74) is 4.10. The molecule has 19 atom stereocenters. The molecule has 4 aliphatic rings. The number of aliphatic hydroxyl groups is 4. The van der Waals surface area contributed by atoms with Gasteiger partial charge >= 0.3 is 5.97 Å². The van der Waals surface area contributed by atoms with Crippen molar-refractivity contribution < 1.29 is 71.2 Å². The average molecular weight is 1150 g/mol. The van der Waals surface area contributed by atoms with Gasteiger partial charge in [-0.2, -0.15) is 0 Å². The first-order valence-corrected chi connectivity index (χ1v) is 29.7. The molecule has 4 aliphatic heterocycles. The van der Waals surface area contributed by atoms with Gasteiger partial charge in [0.2, 0.25) is 10.0 Å². The van der Waals surface area contributed by atoms with Crippen LogP contribution < -0.4 is 15.7 Å². The molecular weight excluding hydrogens is 1060 g/mol. The SMILES string of the molecule is CC[C@H]1OC(=O)[C@H](C)[C@@H](O[C@H]2C[C@@](C)(OC)C[C@H](C)O2)[C@H](C)[C@@H](O[C@@H]2O[C@H](C)C[C@H](N(C)CCC3=CN([C@H](CF)[C@H](OC)c4ccc(S(=O)(=O)NCc5cccnc5)cc4)NN3)[C@H]2O)[C@](C)(O)C[C@@H](C)CN(C)[C@H](C)[C@@H](O)[C@]1(C)O. The minimum Gasteiger partial charge on any atom is -0.459 e. The van der Waals surface area contributed by atoms with Crippen molar-refractivity contribution in [2.75, 3.05) is 48.1 Å². The van der Waals surface area contributed by atoms with Crippen LogP contribution in [0.3, 0.4) is 0 Å². The maximum Gasteiger partial charge on any atom is 0.311 e. The lowest BCUT2D eigenvalue weighted by molar-refractivity contribution is -0.310. The van der Waals surface area contributed by atoms with Crippen molar-refractivity contribution in [2.45, 2.75) is 216 Å². The smallest absolute Gasteiger partial charge is 0.311 e. The summed E-state index contributed by atoms with van der Waals surface area (Å²) in [7, 11) is 2.97. The van der Waals surface area contributed by atoms with E-state index in [-0.39, 0.29) is 36.3 Å². The van der Waals surface area contributed by atoms with Crippen LogP contribution in [0, 0.1) is 17.8 Å². The molecule has 1 aromatic carbocycles. The number of ether oxygens (including phenoxy) is 7. The van der Waals surface area contributed by atoms with Gasteiger partial charge in [-0.15, -0.1) is 5.53 Å². The average Bonchev–Trinajstić information content (AvgIpc) is 3.90. The molecule has 3 saturated heterocycles. The summed E-state index contributed by atoms with van der Waals surface area (Å²) in [4.78, 5) is 22.5. The minimum atomic E-state index is -3.86. The maximum atomic E-state index is 15.0. The molecule has 5 heterocycles. The number of alkyl halides is 1. The standard InChI is InChI=1S/C57H94FN7O14S/c1-15-46-57(10,70)51(67)39(7)64(12)32-34(2)26-56(9,69)52(37(5)49(38(6)53(68)77-46)78-47-28-55(8,74-14)27-36(4)75-47)79-54-48(66)44(25-35(3)76-54)63(11)24-22-42-33-65(62-61-42)45(29-58)50(73-13)41-18-20-43(21-19-41)80(71,72)60-31-40-17-16-23-59-30-40/h16-21,23,30,33-39,44-52,54,60-62,66-67,69-70H,15,22,24-29,31-32H2,1-14H3/t34-,35-,36+,37+,38-,39-,44+,45-,46-,47+,48-,49+,50-,51-,52-,54+,55+,56-,57-/m1/s1. The van der Waals surface area contributed by atoms with Crippen LogP contribution in [0.15, 0.2) is 65.6 Å². The molecule has 0 radical (unpaired) electrons. The summed E-state index contributed by atoms with van der Waals surface area (Å²) in [6.45, 7) is 18.1. The van der Waals surface area contributed by atoms with Gasteiger partial charge in [0.05, 0.1) is 46.4 Å². The highest BCUT2D eigenvalue weighted by atomic mass is 32.2. The largest absolute Gasteiger partial charge is 0.459 e. The number of benzene rings is 1. The molecule has 454 valence electrons. The number of rotatable bonds is 19. The van der Waals surface area contributed by atoms with Gasteiger partial charge < -0.3 is 68.8 Å². The fraction of sp³-hybridized carbons (Fsp3) is 0.754. The second-order valence-electron chi connectivity index (χ2n) is 23.9. The zero-order valence-corrected chi connectivity index (χ0v) is 50.3. The van der Waals surface area contributed by atoms with Gasteiger partial charge in [0, 0.05) is 95.4 Å². The number of pyridine rings is 1. The van der Waals surface area contributed by atoms with Gasteiger partial charge in [0.15, 0.2) is 12.6 Å². The van der Waals surface area contributed by atoms with E-state index >= 15 is 4.39 Å². The molecular formula is C57H94FN7O14S. The summed E-state index contributed by atoms with van der Waals surface area (Å²) in [6.07, 6.45) is -2.21. The molecule has 21 nitrogen and oxygen atoms in total. The minimum absolute atomic E-state index is 0.0460. The lowest BCUT2D eigenvalue weighted by Gasteiger charge is -2.48. The lowest BCUT2D eigenvalue weighted by atomic mass is 9.77. The van der Waals surface area contributed by atoms with Crippen LogP contribution in [0.1, 0.15) is 125 Å². The molecule has 80 heavy (non-hydrogen) atoms. The van der Waals surface area contributed by atoms with Gasteiger partial charge in [-0.25, -0.2) is 17.5 Å². The van der Waals surface area contributed by atoms with E-state index in [0.29, 0.717) is 49.9 Å². The molecule has 23 heteroatoms. The van der Waals surface area contributed by atoms with E-state index in [1.807, 2.05) is 58.5 Å². The first kappa shape index (κ1) is 65.7. The van der Waals surface area contributed by atoms with Gasteiger partial charge in [-0.05, 0) is 117 Å². The van der Waals surface area contributed by atoms with Gasteiger partial charge in [0.1, 0.15) is 42.7 Å². The van der Waals surface area contributed by atoms with E-state index in [9.17, 15) is 33.6 Å². The first-order chi connectivity index (χ1) is 37.6. The van der Waals surface area contributed by atoms with E-state index in [4.69, 9.17) is 33.2 Å². The van der Waals surface area contributed by atoms with Crippen LogP contribution in [-0.4, -0.2) is 193 Å². The number of hydrogen-bond acceptors (Lipinski definition) is 20. The molecule has 3 fully saturated rings. The monoisotopic (exact) mass is 1150 g/mol. The summed E-state index contributed by atoms with van der Waals surface area (Å²) in [5.74, 6) is -2.73. The van der Waals surface area contributed by atoms with Crippen LogP contribution in [-0.2, 0) is 54.5 Å². The highest BCUT2D eigenvalue weighted by Crippen LogP contribution is 2.40. The number of aliphatic hydroxyl groups excluding tert-OH is 2. The summed E-state index contributed by atoms with van der Waals surface area (Å²) in [6, 6.07) is 7.70. The van der Waals surface area contributed by atoms with Gasteiger partial charge in [-0.3, -0.25) is 14.8 Å². The fourth-order valence-electron chi connectivity index (χ4n) is 12.3. The molecule has 2 aromatic rings. The predicted octanol–water partition coefficient (Wildman–Crippen LogP) is 4.46. The predicted molar refractivity (Wildman–Crippen MR) is 297 cm³/mol. The normalized spacial score (nSPS) is 37.3. The number of hydrogen-bond donors (Lipinski definition) is 7. The number of aromatic nitrogens is 1. The topological polar surface area (TPSA) is 255 Å². The Kier molecular flexibility index (Phi) is 22.9. The van der Waals surface area contributed by atoms with E-state index < -0.39 is 125 Å². The van der Waals surface area contributed by atoms with Crippen LogP contribution in [0.2, 0.25) is 0 Å². The fourth-order valence-corrected chi connectivity index (χ4v) is 13.3. The number of likely N-dealkylation sites (N-methyl/N-ethyl adjacent to an activating group) is 2. The molecule has 6 rings (SSSR count). The third-order valence-electron chi connectivity index (χ3n) is 17.0. The molecule has 0 spiro atoms. The quantitative estimate of drug-likeness (QED) is 0.0959. The van der Waals surface area contributed by atoms with Crippen LogP contribution >= 0.6 is 0 Å². The van der Waals surface area contributed by atoms with E-state index in [0.717, 1.165) is 5.70 Å². The van der Waals surface area contributed by atoms with Crippen molar-refractivity contribution >= 4 is 16.0 Å². The van der Waals surface area contributed by atoms with Crippen LogP contribution in [0.5, 0.6) is 0 Å². The number of hydrazine groups is 2. The van der Waals surface area contributed by atoms with Crippen molar-refractivity contribution in [2.24, 2.45) is 17.8 Å². The Bertz CT molecular complexity index is 2420. The molecule has 0 amide bonds. The summed E-state index contributed by atoms with van der Waals surface area (Å²) < 4.78 is 88.4. The highest BCUT2D eigenvalue weighted by molar-refractivity contribution is 7.89. The third-order valence-corrected chi connectivity index (χ3v) is 18.4. The van der Waals surface area contributed by atoms with Crippen LogP contribution in [0.4, 0.5) is 4.39 Å². The van der Waals surface area contributed by atoms with Crippen molar-refractivity contribution in [3.8, 4) is 0 Å². The number of nitrogens with one attached hydrogen (secondary N) is 3. The Balaban J connectivity index is 1.21. The van der Waals surface area contributed by atoms with Gasteiger partial charge in [-0.1, -0.05) is 39.0 Å². The van der Waals surface area contributed by atoms with Crippen molar-refractivity contribution in [1.82, 2.24) is 35.5 Å². The molecule has 7 N–H and O–H groups in total. The lowest BCUT2D eigenvalue weighted by Crippen LogP contribution is -2.60. The van der Waals surface area contributed by atoms with Crippen molar-refractivity contribution in [1.29, 1.82) is 0 Å². The Morgan fingerprint density at radius 1 is 0.988 bits per heavy atom. The second kappa shape index (κ2) is 27.9. The summed E-state index contributed by atoms with van der Waals surface area (Å²) in [5, 5.41) is 50.4. The Hall–Kier alpha value is -3.50. The Labute approximate surface area is 474 Å². The third kappa shape index (κ3) is 16.0. The summed E-state index contributed by atoms with van der Waals surface area (Å²) >= 11 is 0. The molecule has 0 bridgehead atoms. The van der Waals surface area contributed by atoms with Crippen molar-refractivity contribution in [3.05, 3.63) is 71.8 Å². The van der Waals surface area contributed by atoms with Crippen LogP contribution in [0.25, 0.3) is 0 Å². The highest BCUT2D eigenvalue weighted by Gasteiger charge is 2.52. The number of nitrogens with zero attached hydrogens (tertiary/aromatic N) is 4. The van der Waals surface area contributed by atoms with E-state index in [1.54, 1.807) is 82.7 Å². The number of sulfonamides is 1. The number of carbonyl (C=O) groups excluding carboxylic acids is 1. The maximum absolute atomic E-state index is 15.0. The van der Waals surface area contributed by atoms with E-state index in [1.165, 1.54) is 26.2 Å². The first-order valence-electron chi connectivity index (χ1n) is 28.2. The number of methoxy groups -OCH3 is 2. The van der Waals surface area contributed by atoms with Gasteiger partial charge in [0.25, 0.3) is 0 Å². The molecule has 0 unspecified atom stereocenters. The molecule has 0 aliphatic carbocycles. The zero-order valence-electron chi connectivity index (χ0n) is 49.5. The number of carbonyl (C=O) groups is 1. The Morgan fingerprint density at radius 2 is 1.69 bits per heavy atom. The Morgan fingerprint density at radius 3 is 2.31 bits per heavy atom. The zero-order chi connectivity index (χ0) is 59.1. The number of cyclic esters (lactones) is 1. The number of esters is 1.